The van der Waals surface area contributed by atoms with E-state index in [0.717, 1.165) is 25.3 Å². The van der Waals surface area contributed by atoms with Crippen LogP contribution in [0.5, 0.6) is 5.75 Å². The fourth-order valence-electron chi connectivity index (χ4n) is 1.49. The number of para-hydroxylation sites is 1. The molecule has 0 aromatic heterocycles. The summed E-state index contributed by atoms with van der Waals surface area (Å²) < 4.78 is 11.2. The molecule has 0 aliphatic rings. The van der Waals surface area contributed by atoms with Crippen LogP contribution >= 0.6 is 0 Å². The Labute approximate surface area is 104 Å². The van der Waals surface area contributed by atoms with Crippen molar-refractivity contribution in [1.82, 2.24) is 5.32 Å². The molecule has 3 nitrogen and oxygen atoms in total. The first-order chi connectivity index (χ1) is 8.36. The summed E-state index contributed by atoms with van der Waals surface area (Å²) in [5.41, 5.74) is 0. The average Bonchev–Trinajstić information content (AvgIpc) is 2.39. The smallest absolute Gasteiger partial charge is 0.119 e. The Kier molecular flexibility index (Phi) is 7.43. The first-order valence-electron chi connectivity index (χ1n) is 6.35. The highest BCUT2D eigenvalue weighted by Crippen LogP contribution is 2.08. The van der Waals surface area contributed by atoms with Gasteiger partial charge in [-0.2, -0.15) is 0 Å². The van der Waals surface area contributed by atoms with Gasteiger partial charge in [0.05, 0.1) is 12.6 Å². The molecule has 0 saturated heterocycles. The van der Waals surface area contributed by atoms with Crippen molar-refractivity contribution in [3.63, 3.8) is 0 Å². The highest BCUT2D eigenvalue weighted by atomic mass is 16.5. The van der Waals surface area contributed by atoms with Gasteiger partial charge in [0.25, 0.3) is 0 Å². The molecule has 0 aliphatic heterocycles. The van der Waals surface area contributed by atoms with Crippen LogP contribution in [0.15, 0.2) is 30.3 Å². The van der Waals surface area contributed by atoms with Gasteiger partial charge < -0.3 is 14.8 Å². The standard InChI is InChI=1S/C14H23NO2/c1-3-10-15-13(11-16-4-2)12-17-14-8-6-5-7-9-14/h5-9,13,15H,3-4,10-12H2,1-2H3. The molecule has 0 amide bonds. The second kappa shape index (κ2) is 9.02. The molecule has 1 unspecified atom stereocenters. The van der Waals surface area contributed by atoms with E-state index in [4.69, 9.17) is 9.47 Å². The molecule has 0 heterocycles. The molecule has 1 rings (SSSR count). The number of hydrogen-bond donors (Lipinski definition) is 1. The lowest BCUT2D eigenvalue weighted by molar-refractivity contribution is 0.103. The fraction of sp³-hybridized carbons (Fsp3) is 0.571. The Balaban J connectivity index is 2.31. The van der Waals surface area contributed by atoms with Crippen LogP contribution in [0.1, 0.15) is 20.3 Å². The Hall–Kier alpha value is -1.06. The minimum absolute atomic E-state index is 0.259. The van der Waals surface area contributed by atoms with Gasteiger partial charge in [-0.3, -0.25) is 0 Å². The second-order valence-electron chi connectivity index (χ2n) is 3.93. The van der Waals surface area contributed by atoms with E-state index in [-0.39, 0.29) is 6.04 Å². The molecule has 1 aromatic rings. The largest absolute Gasteiger partial charge is 0.492 e. The zero-order valence-electron chi connectivity index (χ0n) is 10.8. The van der Waals surface area contributed by atoms with Gasteiger partial charge in [-0.25, -0.2) is 0 Å². The lowest BCUT2D eigenvalue weighted by Gasteiger charge is -2.18. The van der Waals surface area contributed by atoms with Crippen LogP contribution in [0.25, 0.3) is 0 Å². The summed E-state index contributed by atoms with van der Waals surface area (Å²) >= 11 is 0. The van der Waals surface area contributed by atoms with Crippen molar-refractivity contribution in [2.75, 3.05) is 26.4 Å². The minimum atomic E-state index is 0.259. The molecule has 0 fully saturated rings. The van der Waals surface area contributed by atoms with Gasteiger partial charge in [-0.15, -0.1) is 0 Å². The van der Waals surface area contributed by atoms with Crippen molar-refractivity contribution < 1.29 is 9.47 Å². The van der Waals surface area contributed by atoms with E-state index < -0.39 is 0 Å². The van der Waals surface area contributed by atoms with Gasteiger partial charge in [0.15, 0.2) is 0 Å². The van der Waals surface area contributed by atoms with E-state index in [0.29, 0.717) is 13.2 Å². The topological polar surface area (TPSA) is 30.5 Å². The fourth-order valence-corrected chi connectivity index (χ4v) is 1.49. The number of nitrogens with one attached hydrogen (secondary N) is 1. The summed E-state index contributed by atoms with van der Waals surface area (Å²) in [4.78, 5) is 0. The van der Waals surface area contributed by atoms with Crippen LogP contribution in [0.2, 0.25) is 0 Å². The van der Waals surface area contributed by atoms with Crippen LogP contribution in [0, 0.1) is 0 Å². The summed E-state index contributed by atoms with van der Waals surface area (Å²) in [5, 5.41) is 3.42. The van der Waals surface area contributed by atoms with Crippen molar-refractivity contribution in [3.8, 4) is 5.75 Å². The molecular formula is C14H23NO2. The third-order valence-electron chi connectivity index (χ3n) is 2.40. The van der Waals surface area contributed by atoms with Crippen molar-refractivity contribution in [2.24, 2.45) is 0 Å². The normalized spacial score (nSPS) is 12.4. The Bertz CT molecular complexity index is 269. The third kappa shape index (κ3) is 6.29. The first kappa shape index (κ1) is 14.0. The molecule has 3 heteroatoms. The van der Waals surface area contributed by atoms with Crippen LogP contribution in [0.4, 0.5) is 0 Å². The Morgan fingerprint density at radius 2 is 1.88 bits per heavy atom. The van der Waals surface area contributed by atoms with Crippen molar-refractivity contribution >= 4 is 0 Å². The summed E-state index contributed by atoms with van der Waals surface area (Å²) in [6.07, 6.45) is 1.12. The van der Waals surface area contributed by atoms with Crippen molar-refractivity contribution in [1.29, 1.82) is 0 Å². The maximum absolute atomic E-state index is 5.72. The van der Waals surface area contributed by atoms with Crippen LogP contribution < -0.4 is 10.1 Å². The number of rotatable bonds is 9. The lowest BCUT2D eigenvalue weighted by atomic mass is 10.3. The predicted octanol–water partition coefficient (Wildman–Crippen LogP) is 2.47. The van der Waals surface area contributed by atoms with E-state index in [9.17, 15) is 0 Å². The second-order valence-corrected chi connectivity index (χ2v) is 3.93. The number of ether oxygens (including phenoxy) is 2. The van der Waals surface area contributed by atoms with Gasteiger partial charge in [0, 0.05) is 6.61 Å². The van der Waals surface area contributed by atoms with Gasteiger partial charge in [0.2, 0.25) is 0 Å². The molecule has 17 heavy (non-hydrogen) atoms. The molecular weight excluding hydrogens is 214 g/mol. The third-order valence-corrected chi connectivity index (χ3v) is 2.40. The van der Waals surface area contributed by atoms with Gasteiger partial charge >= 0.3 is 0 Å². The SMILES string of the molecule is CCCNC(COCC)COc1ccccc1. The number of hydrogen-bond acceptors (Lipinski definition) is 3. The molecule has 96 valence electrons. The summed E-state index contributed by atoms with van der Waals surface area (Å²) in [6.45, 7) is 7.25. The van der Waals surface area contributed by atoms with Gasteiger partial charge in [-0.05, 0) is 32.0 Å². The lowest BCUT2D eigenvalue weighted by Crippen LogP contribution is -2.39. The van der Waals surface area contributed by atoms with E-state index in [1.165, 1.54) is 0 Å². The highest BCUT2D eigenvalue weighted by Gasteiger charge is 2.08. The molecule has 0 spiro atoms. The molecule has 0 bridgehead atoms. The molecule has 1 aromatic carbocycles. The molecule has 0 saturated carbocycles. The summed E-state index contributed by atoms with van der Waals surface area (Å²) in [7, 11) is 0. The molecule has 1 atom stereocenters. The Morgan fingerprint density at radius 3 is 2.53 bits per heavy atom. The Morgan fingerprint density at radius 1 is 1.12 bits per heavy atom. The summed E-state index contributed by atoms with van der Waals surface area (Å²) in [5.74, 6) is 0.910. The van der Waals surface area contributed by atoms with Crippen molar-refractivity contribution in [3.05, 3.63) is 30.3 Å². The maximum atomic E-state index is 5.72. The highest BCUT2D eigenvalue weighted by molar-refractivity contribution is 5.20. The quantitative estimate of drug-likeness (QED) is 0.715. The van der Waals surface area contributed by atoms with E-state index in [2.05, 4.69) is 12.2 Å². The van der Waals surface area contributed by atoms with Crippen LogP contribution in [-0.2, 0) is 4.74 Å². The number of benzene rings is 1. The predicted molar refractivity (Wildman–Crippen MR) is 70.5 cm³/mol. The molecule has 0 aliphatic carbocycles. The maximum Gasteiger partial charge on any atom is 0.119 e. The minimum Gasteiger partial charge on any atom is -0.492 e. The first-order valence-corrected chi connectivity index (χ1v) is 6.35. The van der Waals surface area contributed by atoms with Crippen LogP contribution in [-0.4, -0.2) is 32.4 Å². The summed E-state index contributed by atoms with van der Waals surface area (Å²) in [6, 6.07) is 10.1. The zero-order valence-corrected chi connectivity index (χ0v) is 10.8. The van der Waals surface area contributed by atoms with E-state index in [1.54, 1.807) is 0 Å². The van der Waals surface area contributed by atoms with E-state index in [1.807, 2.05) is 37.3 Å². The molecule has 1 N–H and O–H groups in total. The van der Waals surface area contributed by atoms with Gasteiger partial charge in [-0.1, -0.05) is 25.1 Å². The van der Waals surface area contributed by atoms with Crippen LogP contribution in [0.3, 0.4) is 0 Å². The van der Waals surface area contributed by atoms with Gasteiger partial charge in [0.1, 0.15) is 12.4 Å². The van der Waals surface area contributed by atoms with Crippen molar-refractivity contribution in [2.45, 2.75) is 26.3 Å². The van der Waals surface area contributed by atoms with E-state index >= 15 is 0 Å². The molecule has 0 radical (unpaired) electrons. The average molecular weight is 237 g/mol. The zero-order chi connectivity index (χ0) is 12.3. The monoisotopic (exact) mass is 237 g/mol.